The van der Waals surface area contributed by atoms with Gasteiger partial charge in [-0.1, -0.05) is 0 Å². The number of hydrogen-bond acceptors (Lipinski definition) is 3. The average Bonchev–Trinajstić information content (AvgIpc) is 2.66. The lowest BCUT2D eigenvalue weighted by Gasteiger charge is -2.01. The van der Waals surface area contributed by atoms with Crippen molar-refractivity contribution >= 4 is 33.4 Å². The highest BCUT2D eigenvalue weighted by molar-refractivity contribution is 9.10. The molecule has 0 aliphatic carbocycles. The van der Waals surface area contributed by atoms with E-state index in [1.54, 1.807) is 12.1 Å². The van der Waals surface area contributed by atoms with Gasteiger partial charge in [0.15, 0.2) is 4.67 Å². The molecule has 16 heavy (non-hydrogen) atoms. The fourth-order valence-electron chi connectivity index (χ4n) is 1.18. The highest BCUT2D eigenvalue weighted by Crippen LogP contribution is 2.26. The molecular weight excluding hydrogens is 293 g/mol. The van der Waals surface area contributed by atoms with E-state index < -0.39 is 0 Å². The Morgan fingerprint density at radius 1 is 1.31 bits per heavy atom. The van der Waals surface area contributed by atoms with Crippen LogP contribution in [0.5, 0.6) is 0 Å². The fourth-order valence-corrected chi connectivity index (χ4v) is 2.34. The Kier molecular flexibility index (Phi) is 3.56. The summed E-state index contributed by atoms with van der Waals surface area (Å²) in [4.78, 5) is 0.833. The quantitative estimate of drug-likeness (QED) is 0.686. The Bertz CT molecular complexity index is 500. The maximum absolute atomic E-state index is 13.1. The summed E-state index contributed by atoms with van der Waals surface area (Å²) >= 11 is 4.73. The minimum absolute atomic E-state index is 0.171. The van der Waals surface area contributed by atoms with Gasteiger partial charge in [0.25, 0.3) is 0 Å². The lowest BCUT2D eigenvalue weighted by molar-refractivity contribution is 0.506. The third-order valence-electron chi connectivity index (χ3n) is 1.98. The van der Waals surface area contributed by atoms with E-state index in [-0.39, 0.29) is 11.5 Å². The van der Waals surface area contributed by atoms with Crippen LogP contribution in [0.25, 0.3) is 0 Å². The largest absolute Gasteiger partial charge is 0.453 e. The summed E-state index contributed by atoms with van der Waals surface area (Å²) in [5.74, 6) is 1.12. The van der Waals surface area contributed by atoms with Crippen molar-refractivity contribution in [2.45, 2.75) is 10.6 Å². The molecule has 1 aromatic heterocycles. The van der Waals surface area contributed by atoms with Gasteiger partial charge in [-0.25, -0.2) is 4.39 Å². The number of anilines is 1. The van der Waals surface area contributed by atoms with E-state index in [1.807, 2.05) is 12.1 Å². The molecule has 2 nitrogen and oxygen atoms in total. The van der Waals surface area contributed by atoms with Crippen molar-refractivity contribution in [1.82, 2.24) is 0 Å². The summed E-state index contributed by atoms with van der Waals surface area (Å²) in [6.07, 6.45) is 0. The summed E-state index contributed by atoms with van der Waals surface area (Å²) in [6.45, 7) is 0. The van der Waals surface area contributed by atoms with Crippen LogP contribution in [0, 0.1) is 5.82 Å². The zero-order chi connectivity index (χ0) is 11.5. The van der Waals surface area contributed by atoms with Crippen LogP contribution >= 0.6 is 27.7 Å². The van der Waals surface area contributed by atoms with Gasteiger partial charge in [0.2, 0.25) is 0 Å². The number of thioether (sulfide) groups is 1. The number of furan rings is 1. The highest BCUT2D eigenvalue weighted by atomic mass is 79.9. The molecule has 0 saturated heterocycles. The zero-order valence-electron chi connectivity index (χ0n) is 8.24. The predicted octanol–water partition coefficient (Wildman–Crippen LogP) is 4.06. The number of nitrogens with two attached hydrogens (primary N) is 1. The third-order valence-corrected chi connectivity index (χ3v) is 3.42. The van der Waals surface area contributed by atoms with Crippen molar-refractivity contribution in [2.75, 3.05) is 5.73 Å². The Labute approximate surface area is 105 Å². The number of halogens is 2. The molecule has 2 rings (SSSR count). The van der Waals surface area contributed by atoms with E-state index in [0.29, 0.717) is 10.4 Å². The van der Waals surface area contributed by atoms with Crippen LogP contribution in [-0.4, -0.2) is 0 Å². The van der Waals surface area contributed by atoms with E-state index in [9.17, 15) is 4.39 Å². The van der Waals surface area contributed by atoms with E-state index in [4.69, 9.17) is 10.2 Å². The van der Waals surface area contributed by atoms with Crippen molar-refractivity contribution in [3.8, 4) is 0 Å². The SMILES string of the molecule is Nc1ccc(SCc2ccc(Br)o2)cc1F. The van der Waals surface area contributed by atoms with E-state index >= 15 is 0 Å². The topological polar surface area (TPSA) is 39.2 Å². The maximum atomic E-state index is 13.1. The molecule has 2 N–H and O–H groups in total. The first-order chi connectivity index (χ1) is 7.65. The first kappa shape index (κ1) is 11.5. The summed E-state index contributed by atoms with van der Waals surface area (Å²) in [6, 6.07) is 8.50. The molecule has 0 atom stereocenters. The molecule has 0 unspecified atom stereocenters. The summed E-state index contributed by atoms with van der Waals surface area (Å²) in [5.41, 5.74) is 5.56. The van der Waals surface area contributed by atoms with Crippen LogP contribution in [-0.2, 0) is 5.75 Å². The standard InChI is InChI=1S/C11H9BrFNOS/c12-11-4-1-7(15-11)6-16-8-2-3-10(14)9(13)5-8/h1-5H,6,14H2. The minimum atomic E-state index is -0.384. The fraction of sp³-hybridized carbons (Fsp3) is 0.0909. The average molecular weight is 302 g/mol. The van der Waals surface area contributed by atoms with Gasteiger partial charge in [-0.15, -0.1) is 11.8 Å². The second-order valence-corrected chi connectivity index (χ2v) is 5.01. The van der Waals surface area contributed by atoms with Gasteiger partial charge < -0.3 is 10.2 Å². The molecule has 0 aliphatic rings. The van der Waals surface area contributed by atoms with Crippen LogP contribution in [0.15, 0.2) is 44.3 Å². The Morgan fingerprint density at radius 2 is 2.12 bits per heavy atom. The second kappa shape index (κ2) is 4.93. The predicted molar refractivity (Wildman–Crippen MR) is 66.8 cm³/mol. The number of nitrogen functional groups attached to an aromatic ring is 1. The minimum Gasteiger partial charge on any atom is -0.453 e. The van der Waals surface area contributed by atoms with Crippen molar-refractivity contribution < 1.29 is 8.81 Å². The van der Waals surface area contributed by atoms with E-state index in [1.165, 1.54) is 17.8 Å². The number of rotatable bonds is 3. The van der Waals surface area contributed by atoms with Gasteiger partial charge in [0.1, 0.15) is 11.6 Å². The highest BCUT2D eigenvalue weighted by Gasteiger charge is 2.03. The second-order valence-electron chi connectivity index (χ2n) is 3.18. The molecule has 1 heterocycles. The molecule has 0 amide bonds. The van der Waals surface area contributed by atoms with E-state index in [2.05, 4.69) is 15.9 Å². The molecular formula is C11H9BrFNOS. The molecule has 2 aromatic rings. The first-order valence-corrected chi connectivity index (χ1v) is 6.35. The molecule has 5 heteroatoms. The van der Waals surface area contributed by atoms with Gasteiger partial charge in [-0.3, -0.25) is 0 Å². The van der Waals surface area contributed by atoms with Crippen molar-refractivity contribution in [3.05, 3.63) is 46.6 Å². The molecule has 0 bridgehead atoms. The van der Waals surface area contributed by atoms with Crippen LogP contribution in [0.4, 0.5) is 10.1 Å². The molecule has 0 fully saturated rings. The van der Waals surface area contributed by atoms with Crippen molar-refractivity contribution in [1.29, 1.82) is 0 Å². The molecule has 84 valence electrons. The van der Waals surface area contributed by atoms with Gasteiger partial charge in [0.05, 0.1) is 11.4 Å². The number of hydrogen-bond donors (Lipinski definition) is 1. The lowest BCUT2D eigenvalue weighted by atomic mass is 10.3. The zero-order valence-corrected chi connectivity index (χ0v) is 10.6. The van der Waals surface area contributed by atoms with Gasteiger partial charge in [0, 0.05) is 4.90 Å². The lowest BCUT2D eigenvalue weighted by Crippen LogP contribution is -1.89. The van der Waals surface area contributed by atoms with Gasteiger partial charge in [-0.05, 0) is 46.3 Å². The Hall–Kier alpha value is -0.940. The summed E-state index contributed by atoms with van der Waals surface area (Å²) in [5, 5.41) is 0. The van der Waals surface area contributed by atoms with Crippen LogP contribution in [0.3, 0.4) is 0 Å². The molecule has 0 aliphatic heterocycles. The number of benzene rings is 1. The van der Waals surface area contributed by atoms with Crippen molar-refractivity contribution in [2.24, 2.45) is 0 Å². The van der Waals surface area contributed by atoms with Crippen LogP contribution in [0.2, 0.25) is 0 Å². The van der Waals surface area contributed by atoms with Gasteiger partial charge in [-0.2, -0.15) is 0 Å². The van der Waals surface area contributed by atoms with Crippen molar-refractivity contribution in [3.63, 3.8) is 0 Å². The van der Waals surface area contributed by atoms with E-state index in [0.717, 1.165) is 10.7 Å². The third kappa shape index (κ3) is 2.80. The maximum Gasteiger partial charge on any atom is 0.169 e. The Balaban J connectivity index is 2.02. The normalized spacial score (nSPS) is 10.6. The molecule has 0 saturated carbocycles. The first-order valence-electron chi connectivity index (χ1n) is 4.57. The molecule has 0 radical (unpaired) electrons. The summed E-state index contributed by atoms with van der Waals surface area (Å²) < 4.78 is 19.2. The Morgan fingerprint density at radius 3 is 2.75 bits per heavy atom. The smallest absolute Gasteiger partial charge is 0.169 e. The van der Waals surface area contributed by atoms with Gasteiger partial charge >= 0.3 is 0 Å². The molecule has 0 spiro atoms. The summed E-state index contributed by atoms with van der Waals surface area (Å²) in [7, 11) is 0. The van der Waals surface area contributed by atoms with Crippen LogP contribution < -0.4 is 5.73 Å². The molecule has 1 aromatic carbocycles. The van der Waals surface area contributed by atoms with Crippen LogP contribution in [0.1, 0.15) is 5.76 Å². The monoisotopic (exact) mass is 301 g/mol.